The normalized spacial score (nSPS) is 16.4. The molecule has 0 atom stereocenters. The SMILES string of the molecule is CC(=O)Nc1cn2nc(-c3cnc4c(c3)N(C(=O)OC3CCOCC3)CC4)ccc2n1. The van der Waals surface area contributed by atoms with Gasteiger partial charge in [-0.2, -0.15) is 5.10 Å². The van der Waals surface area contributed by atoms with Gasteiger partial charge in [-0.05, 0) is 18.2 Å². The molecule has 0 saturated carbocycles. The van der Waals surface area contributed by atoms with Crippen LogP contribution in [0.2, 0.25) is 0 Å². The molecule has 0 aromatic carbocycles. The van der Waals surface area contributed by atoms with E-state index >= 15 is 0 Å². The highest BCUT2D eigenvalue weighted by atomic mass is 16.6. The molecule has 0 unspecified atom stereocenters. The fourth-order valence-electron chi connectivity index (χ4n) is 3.85. The molecule has 0 radical (unpaired) electrons. The van der Waals surface area contributed by atoms with Gasteiger partial charge in [0.15, 0.2) is 11.5 Å². The molecule has 1 N–H and O–H groups in total. The number of carbonyl (C=O) groups excluding carboxylic acids is 2. The number of ether oxygens (including phenoxy) is 2. The van der Waals surface area contributed by atoms with E-state index in [1.807, 2.05) is 18.2 Å². The highest BCUT2D eigenvalue weighted by Gasteiger charge is 2.30. The number of amides is 2. The predicted molar refractivity (Wildman–Crippen MR) is 112 cm³/mol. The second-order valence-electron chi connectivity index (χ2n) is 7.62. The maximum absolute atomic E-state index is 12.8. The van der Waals surface area contributed by atoms with Gasteiger partial charge >= 0.3 is 6.09 Å². The summed E-state index contributed by atoms with van der Waals surface area (Å²) in [4.78, 5) is 34.5. The Kier molecular flexibility index (Phi) is 4.99. The van der Waals surface area contributed by atoms with Crippen molar-refractivity contribution in [3.8, 4) is 11.3 Å². The summed E-state index contributed by atoms with van der Waals surface area (Å²) in [5.41, 5.74) is 3.69. The van der Waals surface area contributed by atoms with E-state index < -0.39 is 0 Å². The molecule has 5 heterocycles. The summed E-state index contributed by atoms with van der Waals surface area (Å²) in [7, 11) is 0. The van der Waals surface area contributed by atoms with Crippen LogP contribution in [0.15, 0.2) is 30.6 Å². The molecule has 1 saturated heterocycles. The van der Waals surface area contributed by atoms with Crippen molar-refractivity contribution >= 4 is 29.2 Å². The van der Waals surface area contributed by atoms with Crippen LogP contribution in [0.3, 0.4) is 0 Å². The van der Waals surface area contributed by atoms with Gasteiger partial charge in [0, 0.05) is 44.5 Å². The average molecular weight is 422 g/mol. The molecule has 10 heteroatoms. The monoisotopic (exact) mass is 422 g/mol. The van der Waals surface area contributed by atoms with Gasteiger partial charge in [-0.1, -0.05) is 0 Å². The van der Waals surface area contributed by atoms with Crippen LogP contribution in [0, 0.1) is 0 Å². The van der Waals surface area contributed by atoms with Crippen LogP contribution in [0.25, 0.3) is 16.9 Å². The van der Waals surface area contributed by atoms with Gasteiger partial charge in [0.05, 0.1) is 36.5 Å². The fourth-order valence-corrected chi connectivity index (χ4v) is 3.85. The van der Waals surface area contributed by atoms with Gasteiger partial charge in [-0.15, -0.1) is 0 Å². The van der Waals surface area contributed by atoms with Crippen molar-refractivity contribution in [2.24, 2.45) is 0 Å². The minimum absolute atomic E-state index is 0.107. The topological polar surface area (TPSA) is 111 Å². The van der Waals surface area contributed by atoms with Crippen molar-refractivity contribution in [1.82, 2.24) is 19.6 Å². The Morgan fingerprint density at radius 2 is 2.10 bits per heavy atom. The van der Waals surface area contributed by atoms with E-state index in [2.05, 4.69) is 20.4 Å². The van der Waals surface area contributed by atoms with Crippen LogP contribution < -0.4 is 10.2 Å². The molecule has 10 nitrogen and oxygen atoms in total. The molecule has 31 heavy (non-hydrogen) atoms. The molecule has 2 aliphatic rings. The molecule has 2 aliphatic heterocycles. The molecule has 0 spiro atoms. The lowest BCUT2D eigenvalue weighted by Gasteiger charge is -2.25. The Morgan fingerprint density at radius 1 is 1.26 bits per heavy atom. The predicted octanol–water partition coefficient (Wildman–Crippen LogP) is 2.43. The van der Waals surface area contributed by atoms with E-state index in [4.69, 9.17) is 9.47 Å². The van der Waals surface area contributed by atoms with Crippen molar-refractivity contribution in [3.63, 3.8) is 0 Å². The number of nitrogens with one attached hydrogen (secondary N) is 1. The van der Waals surface area contributed by atoms with E-state index in [1.165, 1.54) is 6.92 Å². The lowest BCUT2D eigenvalue weighted by molar-refractivity contribution is -0.114. The van der Waals surface area contributed by atoms with Gasteiger partial charge in [-0.3, -0.25) is 14.7 Å². The number of hydrogen-bond acceptors (Lipinski definition) is 7. The third-order valence-corrected chi connectivity index (χ3v) is 5.39. The third-order valence-electron chi connectivity index (χ3n) is 5.39. The first-order valence-corrected chi connectivity index (χ1v) is 10.3. The number of aromatic nitrogens is 4. The Balaban J connectivity index is 1.39. The third kappa shape index (κ3) is 3.93. The number of rotatable bonds is 3. The maximum Gasteiger partial charge on any atom is 0.414 e. The Bertz CT molecular complexity index is 1150. The Morgan fingerprint density at radius 3 is 2.90 bits per heavy atom. The molecule has 2 amide bonds. The first-order valence-electron chi connectivity index (χ1n) is 10.3. The van der Waals surface area contributed by atoms with Crippen LogP contribution in [-0.2, 0) is 20.7 Å². The average Bonchev–Trinajstić information content (AvgIpc) is 3.36. The number of fused-ring (bicyclic) bond motifs is 2. The molecule has 1 fully saturated rings. The molecular weight excluding hydrogens is 400 g/mol. The van der Waals surface area contributed by atoms with Gasteiger partial charge in [0.25, 0.3) is 0 Å². The molecule has 3 aromatic heterocycles. The van der Waals surface area contributed by atoms with Gasteiger partial charge < -0.3 is 14.8 Å². The van der Waals surface area contributed by atoms with E-state index in [0.717, 1.165) is 29.8 Å². The highest BCUT2D eigenvalue weighted by molar-refractivity contribution is 5.91. The molecular formula is C21H22N6O4. The molecule has 0 bridgehead atoms. The van der Waals surface area contributed by atoms with E-state index in [1.54, 1.807) is 21.8 Å². The number of nitrogens with zero attached hydrogens (tertiary/aromatic N) is 5. The Labute approximate surface area is 178 Å². The number of carbonyl (C=O) groups is 2. The van der Waals surface area contributed by atoms with Gasteiger partial charge in [-0.25, -0.2) is 14.3 Å². The maximum atomic E-state index is 12.8. The molecule has 5 rings (SSSR count). The molecule has 0 aliphatic carbocycles. The van der Waals surface area contributed by atoms with Crippen LogP contribution in [0.1, 0.15) is 25.5 Å². The summed E-state index contributed by atoms with van der Waals surface area (Å²) in [6.45, 7) is 3.21. The summed E-state index contributed by atoms with van der Waals surface area (Å²) in [5.74, 6) is 0.241. The first-order chi connectivity index (χ1) is 15.1. The second kappa shape index (κ2) is 7.95. The zero-order valence-corrected chi connectivity index (χ0v) is 17.1. The van der Waals surface area contributed by atoms with Crippen molar-refractivity contribution < 1.29 is 19.1 Å². The summed E-state index contributed by atoms with van der Waals surface area (Å²) >= 11 is 0. The van der Waals surface area contributed by atoms with Crippen molar-refractivity contribution in [2.45, 2.75) is 32.3 Å². The second-order valence-corrected chi connectivity index (χ2v) is 7.62. The summed E-state index contributed by atoms with van der Waals surface area (Å²) in [6.07, 6.45) is 5.09. The number of imidazole rings is 1. The van der Waals surface area contributed by atoms with Crippen LogP contribution >= 0.6 is 0 Å². The zero-order valence-electron chi connectivity index (χ0n) is 17.1. The summed E-state index contributed by atoms with van der Waals surface area (Å²) in [6, 6.07) is 5.57. The quantitative estimate of drug-likeness (QED) is 0.690. The summed E-state index contributed by atoms with van der Waals surface area (Å²) in [5, 5.41) is 7.23. The highest BCUT2D eigenvalue weighted by Crippen LogP contribution is 2.31. The van der Waals surface area contributed by atoms with Crippen molar-refractivity contribution in [2.75, 3.05) is 30.0 Å². The number of anilines is 2. The van der Waals surface area contributed by atoms with Gasteiger partial charge in [0.2, 0.25) is 5.91 Å². The minimum Gasteiger partial charge on any atom is -0.446 e. The van der Waals surface area contributed by atoms with Crippen LogP contribution in [-0.4, -0.2) is 57.4 Å². The lowest BCUT2D eigenvalue weighted by Crippen LogP contribution is -2.35. The van der Waals surface area contributed by atoms with Crippen LogP contribution in [0.4, 0.5) is 16.3 Å². The van der Waals surface area contributed by atoms with E-state index in [0.29, 0.717) is 43.3 Å². The first kappa shape index (κ1) is 19.4. The Hall–Kier alpha value is -3.53. The smallest absolute Gasteiger partial charge is 0.414 e. The van der Waals surface area contributed by atoms with Crippen molar-refractivity contribution in [3.05, 3.63) is 36.3 Å². The van der Waals surface area contributed by atoms with Gasteiger partial charge in [0.1, 0.15) is 6.10 Å². The van der Waals surface area contributed by atoms with E-state index in [-0.39, 0.29) is 18.1 Å². The number of hydrogen-bond donors (Lipinski definition) is 1. The lowest BCUT2D eigenvalue weighted by atomic mass is 10.1. The fraction of sp³-hybridized carbons (Fsp3) is 0.381. The molecule has 3 aromatic rings. The standard InChI is InChI=1S/C21H22N6O4/c1-13(28)23-19-12-27-20(24-19)3-2-16(25-27)14-10-18-17(22-11-14)4-7-26(18)21(29)31-15-5-8-30-9-6-15/h2-3,10-12,15H,4-9H2,1H3,(H,23,28). The number of pyridine rings is 1. The summed E-state index contributed by atoms with van der Waals surface area (Å²) < 4.78 is 12.6. The van der Waals surface area contributed by atoms with Crippen molar-refractivity contribution in [1.29, 1.82) is 0 Å². The van der Waals surface area contributed by atoms with Crippen LogP contribution in [0.5, 0.6) is 0 Å². The largest absolute Gasteiger partial charge is 0.446 e. The van der Waals surface area contributed by atoms with E-state index in [9.17, 15) is 9.59 Å². The zero-order chi connectivity index (χ0) is 21.4. The minimum atomic E-state index is -0.345. The molecule has 160 valence electrons.